The highest BCUT2D eigenvalue weighted by atomic mass is 19.1. The number of nitrogens with zero attached hydrogens (tertiary/aromatic N) is 1. The number of nitriles is 1. The molecule has 1 aliphatic rings. The lowest BCUT2D eigenvalue weighted by molar-refractivity contribution is -0.211. The van der Waals surface area contributed by atoms with E-state index in [9.17, 15) is 17.6 Å². The quantitative estimate of drug-likeness (QED) is 0.458. The van der Waals surface area contributed by atoms with Crippen LogP contribution in [0.25, 0.3) is 22.3 Å². The highest BCUT2D eigenvalue weighted by Crippen LogP contribution is 2.34. The first-order valence-corrected chi connectivity index (χ1v) is 10.1. The van der Waals surface area contributed by atoms with Crippen molar-refractivity contribution in [3.63, 3.8) is 0 Å². The standard InChI is InChI=1S/C25H19F4NO3/c1-31-11-14-12-32-25(33-13-14)16-4-5-19(21(27)7-16)18-8-22(28)24(23(29)9-18)15-2-3-17(10-30)20(26)6-15/h2-9,14,25H,11-13H2,1H3. The number of hydrogen-bond donors (Lipinski definition) is 0. The molecule has 3 aromatic rings. The van der Waals surface area contributed by atoms with E-state index in [1.165, 1.54) is 18.2 Å². The van der Waals surface area contributed by atoms with Crippen molar-refractivity contribution < 1.29 is 31.8 Å². The third-order valence-electron chi connectivity index (χ3n) is 5.37. The summed E-state index contributed by atoms with van der Waals surface area (Å²) in [5.74, 6) is -3.47. The van der Waals surface area contributed by atoms with E-state index in [1.807, 2.05) is 0 Å². The van der Waals surface area contributed by atoms with Crippen molar-refractivity contribution in [1.82, 2.24) is 0 Å². The van der Waals surface area contributed by atoms with Gasteiger partial charge in [-0.05, 0) is 41.5 Å². The summed E-state index contributed by atoms with van der Waals surface area (Å²) < 4.78 is 74.7. The van der Waals surface area contributed by atoms with Gasteiger partial charge in [-0.25, -0.2) is 17.6 Å². The molecule has 3 aromatic carbocycles. The predicted molar refractivity (Wildman–Crippen MR) is 112 cm³/mol. The number of halogens is 4. The van der Waals surface area contributed by atoms with Gasteiger partial charge in [0.2, 0.25) is 0 Å². The van der Waals surface area contributed by atoms with E-state index in [-0.39, 0.29) is 28.2 Å². The summed E-state index contributed by atoms with van der Waals surface area (Å²) >= 11 is 0. The molecule has 0 N–H and O–H groups in total. The van der Waals surface area contributed by atoms with Crippen molar-refractivity contribution in [2.75, 3.05) is 26.9 Å². The van der Waals surface area contributed by atoms with Crippen LogP contribution in [0.5, 0.6) is 0 Å². The lowest BCUT2D eigenvalue weighted by Gasteiger charge is -2.29. The van der Waals surface area contributed by atoms with Crippen molar-refractivity contribution in [3.8, 4) is 28.3 Å². The van der Waals surface area contributed by atoms with Gasteiger partial charge < -0.3 is 14.2 Å². The predicted octanol–water partition coefficient (Wildman–Crippen LogP) is 5.76. The second-order valence-corrected chi connectivity index (χ2v) is 7.68. The van der Waals surface area contributed by atoms with Gasteiger partial charge >= 0.3 is 0 Å². The molecule has 170 valence electrons. The molecule has 33 heavy (non-hydrogen) atoms. The van der Waals surface area contributed by atoms with Crippen molar-refractivity contribution in [2.24, 2.45) is 5.92 Å². The molecule has 0 aromatic heterocycles. The van der Waals surface area contributed by atoms with E-state index in [0.29, 0.717) is 25.4 Å². The molecule has 4 rings (SSSR count). The zero-order valence-electron chi connectivity index (χ0n) is 17.6. The Morgan fingerprint density at radius 2 is 1.55 bits per heavy atom. The van der Waals surface area contributed by atoms with Crippen LogP contribution < -0.4 is 0 Å². The van der Waals surface area contributed by atoms with Crippen molar-refractivity contribution in [1.29, 1.82) is 5.26 Å². The lowest BCUT2D eigenvalue weighted by atomic mass is 9.97. The third-order valence-corrected chi connectivity index (χ3v) is 5.37. The van der Waals surface area contributed by atoms with Gasteiger partial charge in [0.05, 0.1) is 30.9 Å². The van der Waals surface area contributed by atoms with E-state index >= 15 is 0 Å². The maximum absolute atomic E-state index is 14.9. The Labute approximate surface area is 187 Å². The molecule has 1 aliphatic heterocycles. The van der Waals surface area contributed by atoms with Gasteiger partial charge in [0.15, 0.2) is 6.29 Å². The van der Waals surface area contributed by atoms with Gasteiger partial charge in [-0.15, -0.1) is 0 Å². The smallest absolute Gasteiger partial charge is 0.183 e. The number of ether oxygens (including phenoxy) is 3. The lowest BCUT2D eigenvalue weighted by Crippen LogP contribution is -2.29. The molecule has 4 nitrogen and oxygen atoms in total. The third kappa shape index (κ3) is 4.76. The van der Waals surface area contributed by atoms with E-state index in [0.717, 1.165) is 24.3 Å². The zero-order chi connectivity index (χ0) is 23.5. The van der Waals surface area contributed by atoms with Crippen LogP contribution in [0.4, 0.5) is 17.6 Å². The van der Waals surface area contributed by atoms with Crippen molar-refractivity contribution in [2.45, 2.75) is 6.29 Å². The van der Waals surface area contributed by atoms with Crippen LogP contribution in [0.15, 0.2) is 48.5 Å². The molecule has 0 atom stereocenters. The molecular formula is C25H19F4NO3. The van der Waals surface area contributed by atoms with Crippen LogP contribution >= 0.6 is 0 Å². The summed E-state index contributed by atoms with van der Waals surface area (Å²) in [7, 11) is 1.58. The molecule has 8 heteroatoms. The van der Waals surface area contributed by atoms with E-state index in [4.69, 9.17) is 19.5 Å². The van der Waals surface area contributed by atoms with Crippen LogP contribution in [0.3, 0.4) is 0 Å². The Bertz CT molecular complexity index is 1190. The fraction of sp³-hybridized carbons (Fsp3) is 0.240. The molecule has 0 saturated carbocycles. The molecular weight excluding hydrogens is 438 g/mol. The highest BCUT2D eigenvalue weighted by molar-refractivity contribution is 5.72. The average molecular weight is 457 g/mol. The Balaban J connectivity index is 1.60. The molecule has 1 fully saturated rings. The molecule has 0 amide bonds. The first-order chi connectivity index (χ1) is 15.9. The topological polar surface area (TPSA) is 51.5 Å². The molecule has 0 spiro atoms. The Kier molecular flexibility index (Phi) is 6.75. The Morgan fingerprint density at radius 1 is 0.879 bits per heavy atom. The first kappa shape index (κ1) is 22.9. The number of benzene rings is 3. The summed E-state index contributed by atoms with van der Waals surface area (Å²) in [6.45, 7) is 1.29. The molecule has 1 saturated heterocycles. The minimum Gasteiger partial charge on any atom is -0.384 e. The fourth-order valence-electron chi connectivity index (χ4n) is 3.75. The Morgan fingerprint density at radius 3 is 2.12 bits per heavy atom. The van der Waals surface area contributed by atoms with Crippen LogP contribution in [-0.2, 0) is 14.2 Å². The molecule has 0 radical (unpaired) electrons. The van der Waals surface area contributed by atoms with E-state index in [1.54, 1.807) is 19.2 Å². The summed E-state index contributed by atoms with van der Waals surface area (Å²) in [5.41, 5.74) is -0.355. The van der Waals surface area contributed by atoms with Crippen LogP contribution in [0.2, 0.25) is 0 Å². The highest BCUT2D eigenvalue weighted by Gasteiger charge is 2.25. The van der Waals surface area contributed by atoms with Crippen LogP contribution in [0, 0.1) is 40.5 Å². The van der Waals surface area contributed by atoms with Crippen molar-refractivity contribution >= 4 is 0 Å². The van der Waals surface area contributed by atoms with Crippen LogP contribution in [0.1, 0.15) is 17.4 Å². The van der Waals surface area contributed by atoms with Crippen LogP contribution in [-0.4, -0.2) is 26.9 Å². The maximum Gasteiger partial charge on any atom is 0.183 e. The number of methoxy groups -OCH3 is 1. The molecule has 0 bridgehead atoms. The number of hydrogen-bond acceptors (Lipinski definition) is 4. The fourth-order valence-corrected chi connectivity index (χ4v) is 3.75. The van der Waals surface area contributed by atoms with Gasteiger partial charge in [0, 0.05) is 24.2 Å². The maximum atomic E-state index is 14.9. The Hall–Kier alpha value is -3.25. The summed E-state index contributed by atoms with van der Waals surface area (Å²) in [6.07, 6.45) is -0.746. The normalized spacial score (nSPS) is 18.2. The summed E-state index contributed by atoms with van der Waals surface area (Å²) in [4.78, 5) is 0. The van der Waals surface area contributed by atoms with E-state index in [2.05, 4.69) is 0 Å². The molecule has 1 heterocycles. The summed E-state index contributed by atoms with van der Waals surface area (Å²) in [6, 6.07) is 11.1. The summed E-state index contributed by atoms with van der Waals surface area (Å²) in [5, 5.41) is 8.82. The van der Waals surface area contributed by atoms with Gasteiger partial charge in [-0.2, -0.15) is 5.26 Å². The van der Waals surface area contributed by atoms with Gasteiger partial charge in [-0.3, -0.25) is 0 Å². The zero-order valence-corrected chi connectivity index (χ0v) is 17.6. The van der Waals surface area contributed by atoms with E-state index < -0.39 is 35.1 Å². The first-order valence-electron chi connectivity index (χ1n) is 10.1. The second kappa shape index (κ2) is 9.71. The van der Waals surface area contributed by atoms with Gasteiger partial charge in [0.1, 0.15) is 29.3 Å². The molecule has 0 aliphatic carbocycles. The minimum absolute atomic E-state index is 0.0119. The second-order valence-electron chi connectivity index (χ2n) is 7.68. The SMILES string of the molecule is COCC1COC(c2ccc(-c3cc(F)c(-c4ccc(C#N)c(F)c4)c(F)c3)c(F)c2)OC1. The monoisotopic (exact) mass is 457 g/mol. The largest absolute Gasteiger partial charge is 0.384 e. The van der Waals surface area contributed by atoms with Gasteiger partial charge in [-0.1, -0.05) is 18.2 Å². The average Bonchev–Trinajstić information content (AvgIpc) is 2.79. The number of rotatable bonds is 5. The minimum atomic E-state index is -0.985. The molecule has 0 unspecified atom stereocenters. The van der Waals surface area contributed by atoms with Crippen molar-refractivity contribution in [3.05, 3.63) is 82.9 Å². The van der Waals surface area contributed by atoms with Gasteiger partial charge in [0.25, 0.3) is 0 Å².